The van der Waals surface area contributed by atoms with Crippen LogP contribution in [0.3, 0.4) is 0 Å². The molecular formula is C28H27N3O5. The number of hydrogen-bond donors (Lipinski definition) is 2. The normalized spacial score (nSPS) is 16.8. The summed E-state index contributed by atoms with van der Waals surface area (Å²) in [5.41, 5.74) is 4.38. The molecular weight excluding hydrogens is 458 g/mol. The largest absolute Gasteiger partial charge is 0.493 e. The molecule has 2 unspecified atom stereocenters. The molecule has 8 heteroatoms. The predicted octanol–water partition coefficient (Wildman–Crippen LogP) is 4.06. The fraction of sp³-hybridized carbons (Fsp3) is 0.179. The van der Waals surface area contributed by atoms with E-state index >= 15 is 0 Å². The number of para-hydroxylation sites is 1. The molecule has 1 heterocycles. The first-order chi connectivity index (χ1) is 17.5. The second kappa shape index (κ2) is 11.2. The van der Waals surface area contributed by atoms with Crippen LogP contribution in [0.2, 0.25) is 0 Å². The molecule has 8 nitrogen and oxygen atoms in total. The Balaban J connectivity index is 1.56. The number of hydrogen-bond acceptors (Lipinski definition) is 5. The lowest BCUT2D eigenvalue weighted by molar-refractivity contribution is -0.163. The number of benzene rings is 3. The van der Waals surface area contributed by atoms with E-state index in [1.54, 1.807) is 37.3 Å². The molecule has 2 N–H and O–H groups in total. The number of nitrogens with one attached hydrogen (secondary N) is 2. The van der Waals surface area contributed by atoms with Crippen LogP contribution in [0, 0.1) is 0 Å². The van der Waals surface area contributed by atoms with Crippen molar-refractivity contribution in [3.8, 4) is 11.5 Å². The van der Waals surface area contributed by atoms with E-state index in [9.17, 15) is 14.4 Å². The van der Waals surface area contributed by atoms with Gasteiger partial charge in [0.05, 0.1) is 12.2 Å². The third-order valence-corrected chi connectivity index (χ3v) is 5.45. The Hall–Kier alpha value is -4.59. The van der Waals surface area contributed by atoms with Crippen LogP contribution >= 0.6 is 0 Å². The molecule has 0 aliphatic carbocycles. The molecule has 3 aromatic rings. The number of anilines is 1. The van der Waals surface area contributed by atoms with Gasteiger partial charge in [0.15, 0.2) is 0 Å². The highest BCUT2D eigenvalue weighted by Gasteiger charge is 2.49. The van der Waals surface area contributed by atoms with Crippen molar-refractivity contribution in [1.82, 2.24) is 10.4 Å². The predicted molar refractivity (Wildman–Crippen MR) is 136 cm³/mol. The van der Waals surface area contributed by atoms with Gasteiger partial charge in [-0.1, -0.05) is 60.7 Å². The lowest BCUT2D eigenvalue weighted by Gasteiger charge is -2.44. The smallest absolute Gasteiger partial charge is 0.285 e. The lowest BCUT2D eigenvalue weighted by atomic mass is 9.98. The number of ether oxygens (including phenoxy) is 2. The fourth-order valence-corrected chi connectivity index (χ4v) is 3.78. The van der Waals surface area contributed by atoms with Crippen molar-refractivity contribution in [1.29, 1.82) is 0 Å². The maximum absolute atomic E-state index is 13.2. The first kappa shape index (κ1) is 24.5. The van der Waals surface area contributed by atoms with Gasteiger partial charge in [0.1, 0.15) is 17.5 Å². The minimum Gasteiger partial charge on any atom is -0.493 e. The van der Waals surface area contributed by atoms with Crippen LogP contribution in [0.25, 0.3) is 6.08 Å². The molecule has 2 atom stereocenters. The Bertz CT molecular complexity index is 1260. The van der Waals surface area contributed by atoms with E-state index in [1.165, 1.54) is 11.9 Å². The molecule has 0 saturated carbocycles. The van der Waals surface area contributed by atoms with E-state index in [0.717, 1.165) is 5.56 Å². The highest BCUT2D eigenvalue weighted by Crippen LogP contribution is 2.28. The molecule has 0 bridgehead atoms. The van der Waals surface area contributed by atoms with Crippen molar-refractivity contribution in [2.45, 2.75) is 26.0 Å². The van der Waals surface area contributed by atoms with Crippen LogP contribution in [0.15, 0.2) is 84.9 Å². The summed E-state index contributed by atoms with van der Waals surface area (Å²) in [5.74, 6) is -0.270. The van der Waals surface area contributed by atoms with Crippen molar-refractivity contribution < 1.29 is 23.9 Å². The standard InChI is InChI=1S/C28H27N3O5/c1-3-35-25-18-21(29-19(2)32)15-16-23(25)27(33)30-31-24(17-14-20-10-6-4-7-11-20)26(28(31)34)36-22-12-8-5-9-13-22/h4-18,24,26H,3H2,1-2H3,(H,29,32)(H,30,33)/b17-14+. The molecule has 0 aromatic heterocycles. The Morgan fingerprint density at radius 2 is 1.69 bits per heavy atom. The van der Waals surface area contributed by atoms with Crippen molar-refractivity contribution in [2.75, 3.05) is 11.9 Å². The van der Waals surface area contributed by atoms with Gasteiger partial charge in [0.25, 0.3) is 11.8 Å². The van der Waals surface area contributed by atoms with Gasteiger partial charge in [-0.05, 0) is 36.8 Å². The van der Waals surface area contributed by atoms with E-state index in [4.69, 9.17) is 9.47 Å². The molecule has 1 aliphatic rings. The Labute approximate surface area is 209 Å². The Morgan fingerprint density at radius 1 is 1.00 bits per heavy atom. The molecule has 3 amide bonds. The monoisotopic (exact) mass is 485 g/mol. The van der Waals surface area contributed by atoms with E-state index in [1.807, 2.05) is 60.7 Å². The summed E-state index contributed by atoms with van der Waals surface area (Å²) in [6, 6.07) is 22.9. The van der Waals surface area contributed by atoms with Gasteiger partial charge in [-0.15, -0.1) is 0 Å². The third kappa shape index (κ3) is 5.72. The summed E-state index contributed by atoms with van der Waals surface area (Å²) in [6.07, 6.45) is 2.92. The lowest BCUT2D eigenvalue weighted by Crippen LogP contribution is -2.71. The molecule has 1 fully saturated rings. The van der Waals surface area contributed by atoms with Crippen LogP contribution < -0.4 is 20.2 Å². The SMILES string of the molecule is CCOc1cc(NC(C)=O)ccc1C(=O)NN1C(=O)C(Oc2ccccc2)C1/C=C/c1ccccc1. The molecule has 1 saturated heterocycles. The summed E-state index contributed by atoms with van der Waals surface area (Å²) in [7, 11) is 0. The number of carbonyl (C=O) groups is 3. The van der Waals surface area contributed by atoms with Crippen molar-refractivity contribution in [3.05, 3.63) is 96.1 Å². The number of carbonyl (C=O) groups excluding carboxylic acids is 3. The average Bonchev–Trinajstić information content (AvgIpc) is 2.88. The van der Waals surface area contributed by atoms with Gasteiger partial charge >= 0.3 is 0 Å². The molecule has 3 aromatic carbocycles. The van der Waals surface area contributed by atoms with Crippen LogP contribution in [-0.2, 0) is 9.59 Å². The highest BCUT2D eigenvalue weighted by atomic mass is 16.5. The minimum atomic E-state index is -0.791. The number of amides is 3. The molecule has 4 rings (SSSR count). The highest BCUT2D eigenvalue weighted by molar-refractivity contribution is 6.00. The minimum absolute atomic E-state index is 0.233. The quantitative estimate of drug-likeness (QED) is 0.446. The molecule has 0 spiro atoms. The summed E-state index contributed by atoms with van der Waals surface area (Å²) in [4.78, 5) is 37.6. The first-order valence-corrected chi connectivity index (χ1v) is 11.6. The second-order valence-electron chi connectivity index (χ2n) is 8.09. The fourth-order valence-electron chi connectivity index (χ4n) is 3.78. The molecule has 184 valence electrons. The van der Waals surface area contributed by atoms with Gasteiger partial charge in [-0.3, -0.25) is 19.8 Å². The average molecular weight is 486 g/mol. The van der Waals surface area contributed by atoms with Crippen molar-refractivity contribution in [3.63, 3.8) is 0 Å². The van der Waals surface area contributed by atoms with Gasteiger partial charge in [-0.2, -0.15) is 0 Å². The van der Waals surface area contributed by atoms with Gasteiger partial charge in [0, 0.05) is 18.7 Å². The summed E-state index contributed by atoms with van der Waals surface area (Å²) in [5, 5.41) is 3.92. The van der Waals surface area contributed by atoms with Crippen molar-refractivity contribution in [2.24, 2.45) is 0 Å². The molecule has 0 radical (unpaired) electrons. The zero-order chi connectivity index (χ0) is 25.5. The third-order valence-electron chi connectivity index (χ3n) is 5.45. The van der Waals surface area contributed by atoms with Crippen molar-refractivity contribution >= 4 is 29.5 Å². The maximum Gasteiger partial charge on any atom is 0.285 e. The van der Waals surface area contributed by atoms with Crippen LogP contribution in [0.4, 0.5) is 5.69 Å². The van der Waals surface area contributed by atoms with Crippen LogP contribution in [-0.4, -0.2) is 41.5 Å². The summed E-state index contributed by atoms with van der Waals surface area (Å²) >= 11 is 0. The summed E-state index contributed by atoms with van der Waals surface area (Å²) in [6.45, 7) is 3.51. The van der Waals surface area contributed by atoms with E-state index < -0.39 is 18.1 Å². The molecule has 1 aliphatic heterocycles. The van der Waals surface area contributed by atoms with Crippen LogP contribution in [0.5, 0.6) is 11.5 Å². The second-order valence-corrected chi connectivity index (χ2v) is 8.09. The van der Waals surface area contributed by atoms with E-state index in [2.05, 4.69) is 10.7 Å². The zero-order valence-electron chi connectivity index (χ0n) is 20.0. The Morgan fingerprint density at radius 3 is 2.36 bits per heavy atom. The van der Waals surface area contributed by atoms with Crippen LogP contribution in [0.1, 0.15) is 29.8 Å². The van der Waals surface area contributed by atoms with Gasteiger partial charge < -0.3 is 14.8 Å². The first-order valence-electron chi connectivity index (χ1n) is 11.6. The zero-order valence-corrected chi connectivity index (χ0v) is 20.0. The number of nitrogens with zero attached hydrogens (tertiary/aromatic N) is 1. The summed E-state index contributed by atoms with van der Waals surface area (Å²) < 4.78 is 11.6. The number of β-lactam (4-membered cyclic amide) rings is 1. The van der Waals surface area contributed by atoms with Gasteiger partial charge in [0.2, 0.25) is 12.0 Å². The number of rotatable bonds is 9. The van der Waals surface area contributed by atoms with E-state index in [0.29, 0.717) is 23.8 Å². The van der Waals surface area contributed by atoms with Gasteiger partial charge in [-0.25, -0.2) is 5.01 Å². The Kier molecular flexibility index (Phi) is 7.65. The van der Waals surface area contributed by atoms with E-state index in [-0.39, 0.29) is 17.4 Å². The molecule has 36 heavy (non-hydrogen) atoms. The topological polar surface area (TPSA) is 97.0 Å². The number of hydrazine groups is 1. The maximum atomic E-state index is 13.2.